The molecule has 3 rings (SSSR count). The second-order valence-electron chi connectivity index (χ2n) is 5.72. The molecule has 0 spiro atoms. The van der Waals surface area contributed by atoms with Gasteiger partial charge in [-0.3, -0.25) is 9.69 Å². The number of benzene rings is 2. The average Bonchev–Trinajstić information content (AvgIpc) is 2.56. The molecule has 6 heteroatoms. The maximum atomic E-state index is 13.1. The van der Waals surface area contributed by atoms with E-state index < -0.39 is 11.6 Å². The number of carbonyl (C=O) groups excluding carboxylic acids is 1. The highest BCUT2D eigenvalue weighted by molar-refractivity contribution is 5.90. The van der Waals surface area contributed by atoms with Crippen LogP contribution in [0, 0.1) is 11.6 Å². The molecule has 0 aliphatic carbocycles. The largest absolute Gasteiger partial charge is 1.00 e. The van der Waals surface area contributed by atoms with Gasteiger partial charge in [0.2, 0.25) is 5.91 Å². The smallest absolute Gasteiger partial charge is 0.225 e. The zero-order valence-corrected chi connectivity index (χ0v) is 13.8. The molecule has 1 aliphatic rings. The van der Waals surface area contributed by atoms with Crippen LogP contribution in [0.5, 0.6) is 0 Å². The van der Waals surface area contributed by atoms with Crippen LogP contribution in [0.2, 0.25) is 0 Å². The lowest BCUT2D eigenvalue weighted by Gasteiger charge is -2.28. The molecule has 128 valence electrons. The minimum absolute atomic E-state index is 0. The zero-order valence-electron chi connectivity index (χ0n) is 13.1. The second kappa shape index (κ2) is 8.22. The van der Waals surface area contributed by atoms with Crippen molar-refractivity contribution in [3.8, 4) is 0 Å². The predicted octanol–water partition coefficient (Wildman–Crippen LogP) is 0.356. The van der Waals surface area contributed by atoms with Crippen LogP contribution in [0.4, 0.5) is 14.5 Å². The van der Waals surface area contributed by atoms with Gasteiger partial charge in [0.25, 0.3) is 0 Å². The summed E-state index contributed by atoms with van der Waals surface area (Å²) in [5.74, 6) is -2.08. The summed E-state index contributed by atoms with van der Waals surface area (Å²) in [4.78, 5) is 14.2. The van der Waals surface area contributed by atoms with E-state index >= 15 is 0 Å². The molecule has 0 radical (unpaired) electrons. The lowest BCUT2D eigenvalue weighted by atomic mass is 10.00. The van der Waals surface area contributed by atoms with E-state index in [2.05, 4.69) is 22.3 Å². The number of fused-ring (bicyclic) bond motifs is 1. The molecular weight excluding hydrogens is 334 g/mol. The fourth-order valence-corrected chi connectivity index (χ4v) is 2.80. The van der Waals surface area contributed by atoms with E-state index in [0.29, 0.717) is 13.0 Å². The molecule has 3 nitrogen and oxygen atoms in total. The Labute approximate surface area is 146 Å². The molecule has 1 heterocycles. The van der Waals surface area contributed by atoms with Gasteiger partial charge in [-0.05, 0) is 29.7 Å². The van der Waals surface area contributed by atoms with E-state index in [1.807, 2.05) is 12.1 Å². The van der Waals surface area contributed by atoms with Gasteiger partial charge in [0.05, 0.1) is 0 Å². The quantitative estimate of drug-likeness (QED) is 0.862. The Balaban J connectivity index is 0.00000208. The zero-order chi connectivity index (χ0) is 16.2. The topological polar surface area (TPSA) is 32.3 Å². The molecule has 0 saturated carbocycles. The fraction of sp³-hybridized carbons (Fsp3) is 0.278. The number of nitrogens with one attached hydrogen (secondary N) is 1. The summed E-state index contributed by atoms with van der Waals surface area (Å²) in [5.41, 5.74) is 2.95. The van der Waals surface area contributed by atoms with Crippen LogP contribution in [0.1, 0.15) is 17.5 Å². The number of hydrogen-bond donors (Lipinski definition) is 1. The highest BCUT2D eigenvalue weighted by Gasteiger charge is 2.16. The Morgan fingerprint density at radius 1 is 1.08 bits per heavy atom. The number of anilines is 1. The van der Waals surface area contributed by atoms with E-state index in [1.54, 1.807) is 0 Å². The van der Waals surface area contributed by atoms with E-state index in [4.69, 9.17) is 0 Å². The van der Waals surface area contributed by atoms with Crippen LogP contribution in [0.25, 0.3) is 0 Å². The number of nitrogens with zero attached hydrogens (tertiary/aromatic N) is 1. The third-order valence-corrected chi connectivity index (χ3v) is 4.07. The minimum atomic E-state index is -0.963. The number of carbonyl (C=O) groups is 1. The van der Waals surface area contributed by atoms with Crippen LogP contribution in [0.15, 0.2) is 42.5 Å². The maximum absolute atomic E-state index is 13.1. The first-order valence-corrected chi connectivity index (χ1v) is 7.66. The Morgan fingerprint density at radius 2 is 1.83 bits per heavy atom. The molecule has 24 heavy (non-hydrogen) atoms. The van der Waals surface area contributed by atoms with Crippen LogP contribution >= 0.6 is 0 Å². The molecule has 0 saturated heterocycles. The second-order valence-corrected chi connectivity index (χ2v) is 5.72. The van der Waals surface area contributed by atoms with Crippen molar-refractivity contribution in [2.75, 3.05) is 18.4 Å². The molecule has 1 N–H and O–H groups in total. The summed E-state index contributed by atoms with van der Waals surface area (Å²) in [6.07, 6.45) is 1.31. The standard InChI is InChI=1S/C18H18F2N2O.ClH/c19-16-6-5-15(11-17(16)20)21-18(23)8-10-22-9-7-13-3-1-2-4-14(13)12-22;/h1-6,11H,7-10,12H2,(H,21,23);1H/p-1. The molecule has 0 unspecified atom stereocenters. The van der Waals surface area contributed by atoms with Crippen LogP contribution in [-0.4, -0.2) is 23.9 Å². The molecule has 1 aliphatic heterocycles. The summed E-state index contributed by atoms with van der Waals surface area (Å²) >= 11 is 0. The van der Waals surface area contributed by atoms with Gasteiger partial charge in [-0.1, -0.05) is 24.3 Å². The molecule has 2 aromatic carbocycles. The third kappa shape index (κ3) is 4.52. The van der Waals surface area contributed by atoms with E-state index in [1.165, 1.54) is 17.2 Å². The average molecular weight is 352 g/mol. The third-order valence-electron chi connectivity index (χ3n) is 4.07. The normalized spacial score (nSPS) is 13.8. The molecule has 0 aromatic heterocycles. The van der Waals surface area contributed by atoms with Gasteiger partial charge >= 0.3 is 0 Å². The van der Waals surface area contributed by atoms with E-state index in [0.717, 1.165) is 31.6 Å². The first-order valence-electron chi connectivity index (χ1n) is 7.66. The Kier molecular flexibility index (Phi) is 6.29. The van der Waals surface area contributed by atoms with E-state index in [9.17, 15) is 13.6 Å². The first-order chi connectivity index (χ1) is 11.1. The van der Waals surface area contributed by atoms with Gasteiger partial charge in [-0.15, -0.1) is 0 Å². The van der Waals surface area contributed by atoms with Crippen molar-refractivity contribution in [3.63, 3.8) is 0 Å². The van der Waals surface area contributed by atoms with Crippen LogP contribution < -0.4 is 17.7 Å². The highest BCUT2D eigenvalue weighted by atomic mass is 35.5. The molecule has 0 bridgehead atoms. The summed E-state index contributed by atoms with van der Waals surface area (Å²) < 4.78 is 26.0. The van der Waals surface area contributed by atoms with Crippen molar-refractivity contribution < 1.29 is 26.0 Å². The van der Waals surface area contributed by atoms with Gasteiger partial charge < -0.3 is 17.7 Å². The van der Waals surface area contributed by atoms with Crippen molar-refractivity contribution >= 4 is 11.6 Å². The lowest BCUT2D eigenvalue weighted by molar-refractivity contribution is -0.116. The Bertz CT molecular complexity index is 724. The van der Waals surface area contributed by atoms with Crippen molar-refractivity contribution in [3.05, 3.63) is 65.2 Å². The summed E-state index contributed by atoms with van der Waals surface area (Å²) in [6.45, 7) is 2.41. The molecule has 0 atom stereocenters. The van der Waals surface area contributed by atoms with Crippen molar-refractivity contribution in [2.24, 2.45) is 0 Å². The summed E-state index contributed by atoms with van der Waals surface area (Å²) in [5, 5.41) is 2.60. The van der Waals surface area contributed by atoms with Gasteiger partial charge in [0.1, 0.15) is 0 Å². The van der Waals surface area contributed by atoms with Gasteiger partial charge in [0, 0.05) is 37.8 Å². The van der Waals surface area contributed by atoms with Crippen LogP contribution in [0.3, 0.4) is 0 Å². The molecule has 0 fully saturated rings. The number of hydrogen-bond acceptors (Lipinski definition) is 2. The van der Waals surface area contributed by atoms with Crippen molar-refractivity contribution in [1.82, 2.24) is 4.90 Å². The Morgan fingerprint density at radius 3 is 2.58 bits per heavy atom. The molecule has 2 aromatic rings. The fourth-order valence-electron chi connectivity index (χ4n) is 2.80. The maximum Gasteiger partial charge on any atom is 0.225 e. The number of rotatable bonds is 4. The Hall–Kier alpha value is -1.98. The van der Waals surface area contributed by atoms with Gasteiger partial charge in [-0.2, -0.15) is 0 Å². The summed E-state index contributed by atoms with van der Waals surface area (Å²) in [7, 11) is 0. The number of amides is 1. The van der Waals surface area contributed by atoms with E-state index in [-0.39, 0.29) is 24.0 Å². The molecule has 1 amide bonds. The lowest BCUT2D eigenvalue weighted by Crippen LogP contribution is -3.00. The highest BCUT2D eigenvalue weighted by Crippen LogP contribution is 2.18. The van der Waals surface area contributed by atoms with Gasteiger partial charge in [0.15, 0.2) is 11.6 Å². The summed E-state index contributed by atoms with van der Waals surface area (Å²) in [6, 6.07) is 11.7. The predicted molar refractivity (Wildman–Crippen MR) is 85.0 cm³/mol. The number of halogens is 3. The monoisotopic (exact) mass is 351 g/mol. The van der Waals surface area contributed by atoms with Crippen molar-refractivity contribution in [2.45, 2.75) is 19.4 Å². The van der Waals surface area contributed by atoms with Crippen molar-refractivity contribution in [1.29, 1.82) is 0 Å². The molecular formula is C18H18ClF2N2O-. The first kappa shape index (κ1) is 18.4. The minimum Gasteiger partial charge on any atom is -1.00 e. The van der Waals surface area contributed by atoms with Gasteiger partial charge in [-0.25, -0.2) is 8.78 Å². The van der Waals surface area contributed by atoms with Crippen LogP contribution in [-0.2, 0) is 17.8 Å². The SMILES string of the molecule is O=C(CCN1CCc2ccccc2C1)Nc1ccc(F)c(F)c1.[Cl-].